The Labute approximate surface area is 115 Å². The molecule has 1 aromatic carbocycles. The SMILES string of the molecule is CN(CCC#N)C(=O)c1csc(-c2ccccc2)n1. The number of carbonyl (C=O) groups is 1. The second-order valence-corrected chi connectivity index (χ2v) is 4.90. The third kappa shape index (κ3) is 3.18. The number of aromatic nitrogens is 1. The van der Waals surface area contributed by atoms with Crippen molar-refractivity contribution >= 4 is 17.2 Å². The smallest absolute Gasteiger partial charge is 0.273 e. The number of carbonyl (C=O) groups excluding carboxylic acids is 1. The van der Waals surface area contributed by atoms with E-state index in [1.807, 2.05) is 36.4 Å². The lowest BCUT2D eigenvalue weighted by molar-refractivity contribution is 0.0793. The molecule has 5 heteroatoms. The van der Waals surface area contributed by atoms with Crippen molar-refractivity contribution in [2.45, 2.75) is 6.42 Å². The van der Waals surface area contributed by atoms with Crippen LogP contribution in [0.15, 0.2) is 35.7 Å². The van der Waals surface area contributed by atoms with E-state index in [0.29, 0.717) is 18.7 Å². The Kier molecular flexibility index (Phi) is 4.26. The summed E-state index contributed by atoms with van der Waals surface area (Å²) in [6, 6.07) is 11.8. The second kappa shape index (κ2) is 6.12. The first kappa shape index (κ1) is 13.2. The van der Waals surface area contributed by atoms with Crippen LogP contribution in [-0.4, -0.2) is 29.4 Å². The average molecular weight is 271 g/mol. The number of nitrogens with zero attached hydrogens (tertiary/aromatic N) is 3. The number of nitriles is 1. The van der Waals surface area contributed by atoms with Crippen LogP contribution in [0.2, 0.25) is 0 Å². The van der Waals surface area contributed by atoms with Gasteiger partial charge in [-0.2, -0.15) is 5.26 Å². The van der Waals surface area contributed by atoms with Gasteiger partial charge in [0, 0.05) is 24.5 Å². The second-order valence-electron chi connectivity index (χ2n) is 4.04. The van der Waals surface area contributed by atoms with Gasteiger partial charge in [-0.15, -0.1) is 11.3 Å². The monoisotopic (exact) mass is 271 g/mol. The van der Waals surface area contributed by atoms with E-state index in [4.69, 9.17) is 5.26 Å². The average Bonchev–Trinajstić information content (AvgIpc) is 2.94. The topological polar surface area (TPSA) is 57.0 Å². The minimum absolute atomic E-state index is 0.145. The molecule has 0 saturated heterocycles. The molecule has 0 fully saturated rings. The predicted octanol–water partition coefficient (Wildman–Crippen LogP) is 2.80. The zero-order chi connectivity index (χ0) is 13.7. The molecular formula is C14H13N3OS. The molecule has 2 aromatic rings. The Hall–Kier alpha value is -2.19. The molecule has 0 N–H and O–H groups in total. The van der Waals surface area contributed by atoms with Crippen molar-refractivity contribution in [3.05, 3.63) is 41.4 Å². The molecule has 0 unspecified atom stereocenters. The zero-order valence-corrected chi connectivity index (χ0v) is 11.4. The number of rotatable bonds is 4. The van der Waals surface area contributed by atoms with Crippen LogP contribution in [0.5, 0.6) is 0 Å². The third-order valence-corrected chi connectivity index (χ3v) is 3.54. The first-order chi connectivity index (χ1) is 9.22. The molecule has 0 aliphatic carbocycles. The van der Waals surface area contributed by atoms with Crippen LogP contribution in [0.3, 0.4) is 0 Å². The van der Waals surface area contributed by atoms with E-state index in [0.717, 1.165) is 10.6 Å². The largest absolute Gasteiger partial charge is 0.339 e. The van der Waals surface area contributed by atoms with Gasteiger partial charge in [-0.1, -0.05) is 30.3 Å². The number of benzene rings is 1. The van der Waals surface area contributed by atoms with E-state index >= 15 is 0 Å². The summed E-state index contributed by atoms with van der Waals surface area (Å²) < 4.78 is 0. The van der Waals surface area contributed by atoms with Crippen LogP contribution in [0.4, 0.5) is 0 Å². The maximum absolute atomic E-state index is 12.1. The van der Waals surface area contributed by atoms with E-state index in [1.165, 1.54) is 16.2 Å². The van der Waals surface area contributed by atoms with Gasteiger partial charge in [-0.3, -0.25) is 4.79 Å². The molecule has 1 heterocycles. The minimum atomic E-state index is -0.145. The first-order valence-electron chi connectivity index (χ1n) is 5.85. The van der Waals surface area contributed by atoms with Gasteiger partial charge in [-0.05, 0) is 0 Å². The van der Waals surface area contributed by atoms with Crippen LogP contribution in [0.25, 0.3) is 10.6 Å². The molecule has 0 bridgehead atoms. The summed E-state index contributed by atoms with van der Waals surface area (Å²) in [4.78, 5) is 17.9. The molecule has 1 aromatic heterocycles. The maximum atomic E-state index is 12.1. The summed E-state index contributed by atoms with van der Waals surface area (Å²) in [7, 11) is 1.68. The number of hydrogen-bond acceptors (Lipinski definition) is 4. The van der Waals surface area contributed by atoms with E-state index in [1.54, 1.807) is 12.4 Å². The van der Waals surface area contributed by atoms with Crippen LogP contribution >= 0.6 is 11.3 Å². The fourth-order valence-electron chi connectivity index (χ4n) is 1.60. The van der Waals surface area contributed by atoms with Gasteiger partial charge < -0.3 is 4.90 Å². The van der Waals surface area contributed by atoms with Gasteiger partial charge in [0.1, 0.15) is 10.7 Å². The highest BCUT2D eigenvalue weighted by Crippen LogP contribution is 2.23. The fraction of sp³-hybridized carbons (Fsp3) is 0.214. The van der Waals surface area contributed by atoms with Crippen molar-refractivity contribution < 1.29 is 4.79 Å². The summed E-state index contributed by atoms with van der Waals surface area (Å²) in [6.45, 7) is 0.424. The Morgan fingerprint density at radius 1 is 1.42 bits per heavy atom. The fourth-order valence-corrected chi connectivity index (χ4v) is 2.40. The van der Waals surface area contributed by atoms with Crippen LogP contribution in [0, 0.1) is 11.3 Å². The quantitative estimate of drug-likeness (QED) is 0.859. The van der Waals surface area contributed by atoms with Gasteiger partial charge in [0.05, 0.1) is 12.5 Å². The lowest BCUT2D eigenvalue weighted by atomic mass is 10.2. The van der Waals surface area contributed by atoms with E-state index in [9.17, 15) is 4.79 Å². The molecule has 0 aliphatic heterocycles. The van der Waals surface area contributed by atoms with Gasteiger partial charge in [0.15, 0.2) is 0 Å². The summed E-state index contributed by atoms with van der Waals surface area (Å²) >= 11 is 1.45. The number of amides is 1. The summed E-state index contributed by atoms with van der Waals surface area (Å²) in [5.74, 6) is -0.145. The van der Waals surface area contributed by atoms with Crippen molar-refractivity contribution in [1.82, 2.24) is 9.88 Å². The van der Waals surface area contributed by atoms with Crippen molar-refractivity contribution in [3.63, 3.8) is 0 Å². The molecule has 1 amide bonds. The Balaban J connectivity index is 2.13. The highest BCUT2D eigenvalue weighted by molar-refractivity contribution is 7.13. The number of thiazole rings is 1. The zero-order valence-electron chi connectivity index (χ0n) is 10.5. The molecule has 0 atom stereocenters. The molecule has 0 aliphatic rings. The van der Waals surface area contributed by atoms with Crippen molar-refractivity contribution in [3.8, 4) is 16.6 Å². The molecule has 4 nitrogen and oxygen atoms in total. The molecule has 0 saturated carbocycles. The standard InChI is InChI=1S/C14H13N3OS/c1-17(9-5-8-15)14(18)12-10-19-13(16-12)11-6-3-2-4-7-11/h2-4,6-7,10H,5,9H2,1H3. The Bertz CT molecular complexity index is 601. The first-order valence-corrected chi connectivity index (χ1v) is 6.73. The molecule has 0 radical (unpaired) electrons. The van der Waals surface area contributed by atoms with Crippen molar-refractivity contribution in [2.75, 3.05) is 13.6 Å². The van der Waals surface area contributed by atoms with Gasteiger partial charge in [0.25, 0.3) is 5.91 Å². The summed E-state index contributed by atoms with van der Waals surface area (Å²) in [5.41, 5.74) is 1.44. The number of hydrogen-bond donors (Lipinski definition) is 0. The van der Waals surface area contributed by atoms with Crippen molar-refractivity contribution in [1.29, 1.82) is 5.26 Å². The lowest BCUT2D eigenvalue weighted by Gasteiger charge is -2.13. The summed E-state index contributed by atoms with van der Waals surface area (Å²) in [6.07, 6.45) is 0.331. The van der Waals surface area contributed by atoms with Crippen LogP contribution < -0.4 is 0 Å². The lowest BCUT2D eigenvalue weighted by Crippen LogP contribution is -2.27. The normalized spacial score (nSPS) is 9.89. The van der Waals surface area contributed by atoms with Crippen molar-refractivity contribution in [2.24, 2.45) is 0 Å². The van der Waals surface area contributed by atoms with Gasteiger partial charge in [0.2, 0.25) is 0 Å². The molecule has 2 rings (SSSR count). The Morgan fingerprint density at radius 3 is 2.84 bits per heavy atom. The predicted molar refractivity (Wildman–Crippen MR) is 74.7 cm³/mol. The maximum Gasteiger partial charge on any atom is 0.273 e. The highest BCUT2D eigenvalue weighted by atomic mass is 32.1. The van der Waals surface area contributed by atoms with Crippen LogP contribution in [-0.2, 0) is 0 Å². The third-order valence-electron chi connectivity index (χ3n) is 2.65. The van der Waals surface area contributed by atoms with Crippen LogP contribution in [0.1, 0.15) is 16.9 Å². The Morgan fingerprint density at radius 2 is 2.16 bits per heavy atom. The molecular weight excluding hydrogens is 258 g/mol. The van der Waals surface area contributed by atoms with Gasteiger partial charge >= 0.3 is 0 Å². The summed E-state index contributed by atoms with van der Waals surface area (Å²) in [5, 5.41) is 11.1. The molecule has 19 heavy (non-hydrogen) atoms. The van der Waals surface area contributed by atoms with E-state index < -0.39 is 0 Å². The molecule has 96 valence electrons. The van der Waals surface area contributed by atoms with E-state index in [-0.39, 0.29) is 5.91 Å². The molecule has 0 spiro atoms. The van der Waals surface area contributed by atoms with E-state index in [2.05, 4.69) is 4.98 Å². The minimum Gasteiger partial charge on any atom is -0.339 e. The van der Waals surface area contributed by atoms with Gasteiger partial charge in [-0.25, -0.2) is 4.98 Å². The highest BCUT2D eigenvalue weighted by Gasteiger charge is 2.15.